The number of H-pyrrole nitrogens is 1. The van der Waals surface area contributed by atoms with E-state index in [2.05, 4.69) is 15.3 Å². The van der Waals surface area contributed by atoms with Crippen LogP contribution in [0.2, 0.25) is 0 Å². The summed E-state index contributed by atoms with van der Waals surface area (Å²) < 4.78 is 19.5. The molecule has 134 valence electrons. The van der Waals surface area contributed by atoms with E-state index in [1.807, 2.05) is 0 Å². The van der Waals surface area contributed by atoms with Crippen LogP contribution in [0.25, 0.3) is 0 Å². The highest BCUT2D eigenvalue weighted by Gasteiger charge is 2.31. The van der Waals surface area contributed by atoms with Gasteiger partial charge in [0.25, 0.3) is 0 Å². The number of nitrogens with zero attached hydrogens (tertiary/aromatic N) is 2. The fraction of sp³-hybridized carbons (Fsp3) is 0.444. The second-order valence-electron chi connectivity index (χ2n) is 6.21. The number of halogens is 1. The molecule has 3 rings (SSSR count). The minimum Gasteiger partial charge on any atom is -0.496 e. The van der Waals surface area contributed by atoms with Crippen LogP contribution in [0.3, 0.4) is 0 Å². The van der Waals surface area contributed by atoms with Gasteiger partial charge in [0.2, 0.25) is 0 Å². The van der Waals surface area contributed by atoms with E-state index < -0.39 is 11.9 Å². The van der Waals surface area contributed by atoms with Gasteiger partial charge in [-0.15, -0.1) is 0 Å². The largest absolute Gasteiger partial charge is 0.496 e. The number of aromatic nitrogens is 2. The second kappa shape index (κ2) is 7.55. The van der Waals surface area contributed by atoms with Gasteiger partial charge in [0.15, 0.2) is 0 Å². The van der Waals surface area contributed by atoms with Crippen molar-refractivity contribution in [2.75, 3.05) is 13.7 Å². The third-order valence-electron chi connectivity index (χ3n) is 4.60. The number of likely N-dealkylation sites (tertiary alicyclic amines) is 1. The lowest BCUT2D eigenvalue weighted by molar-refractivity contribution is 0.145. The molecule has 1 saturated heterocycles. The van der Waals surface area contributed by atoms with Crippen LogP contribution in [0.15, 0.2) is 30.6 Å². The van der Waals surface area contributed by atoms with Gasteiger partial charge in [-0.3, -0.25) is 0 Å². The van der Waals surface area contributed by atoms with E-state index in [1.165, 1.54) is 13.2 Å². The number of rotatable bonds is 4. The number of benzene rings is 1. The molecule has 1 aliphatic rings. The van der Waals surface area contributed by atoms with Gasteiger partial charge >= 0.3 is 6.03 Å². The number of piperidine rings is 1. The average molecular weight is 346 g/mol. The van der Waals surface area contributed by atoms with E-state index in [9.17, 15) is 9.18 Å². The van der Waals surface area contributed by atoms with Crippen molar-refractivity contribution >= 4 is 6.03 Å². The van der Waals surface area contributed by atoms with Crippen LogP contribution < -0.4 is 10.1 Å². The SMILES string of the molecule is COc1cccc(F)c1[C@H](C)NC(=O)N1CCCC[C@@H]1c1ncc[nH]1. The molecule has 6 nitrogen and oxygen atoms in total. The van der Waals surface area contributed by atoms with Crippen molar-refractivity contribution in [2.24, 2.45) is 0 Å². The number of hydrogen-bond donors (Lipinski definition) is 2. The van der Waals surface area contributed by atoms with Crippen molar-refractivity contribution < 1.29 is 13.9 Å². The molecule has 1 aromatic heterocycles. The fourth-order valence-corrected chi connectivity index (χ4v) is 3.37. The minimum atomic E-state index is -0.511. The van der Waals surface area contributed by atoms with Crippen molar-refractivity contribution in [1.29, 1.82) is 0 Å². The normalized spacial score (nSPS) is 18.7. The third kappa shape index (κ3) is 3.60. The molecule has 2 amide bonds. The molecule has 2 atom stereocenters. The van der Waals surface area contributed by atoms with Crippen molar-refractivity contribution in [2.45, 2.75) is 38.3 Å². The van der Waals surface area contributed by atoms with Gasteiger partial charge in [0.05, 0.1) is 24.8 Å². The summed E-state index contributed by atoms with van der Waals surface area (Å²) in [6, 6.07) is 3.82. The zero-order chi connectivity index (χ0) is 17.8. The molecule has 25 heavy (non-hydrogen) atoms. The molecule has 0 bridgehead atoms. The first-order chi connectivity index (χ1) is 12.1. The molecule has 2 heterocycles. The van der Waals surface area contributed by atoms with Gasteiger partial charge < -0.3 is 19.9 Å². The lowest BCUT2D eigenvalue weighted by Gasteiger charge is -2.35. The Balaban J connectivity index is 1.77. The number of amides is 2. The van der Waals surface area contributed by atoms with Crippen molar-refractivity contribution in [1.82, 2.24) is 20.2 Å². The molecular weight excluding hydrogens is 323 g/mol. The number of hydrogen-bond acceptors (Lipinski definition) is 3. The van der Waals surface area contributed by atoms with Crippen LogP contribution in [0.4, 0.5) is 9.18 Å². The van der Waals surface area contributed by atoms with Gasteiger partial charge in [-0.1, -0.05) is 6.07 Å². The van der Waals surface area contributed by atoms with Crippen LogP contribution in [0.5, 0.6) is 5.75 Å². The minimum absolute atomic E-state index is 0.0848. The summed E-state index contributed by atoms with van der Waals surface area (Å²) in [6.07, 6.45) is 6.30. The molecule has 0 spiro atoms. The maximum absolute atomic E-state index is 14.2. The smallest absolute Gasteiger partial charge is 0.318 e. The molecule has 0 unspecified atom stereocenters. The van der Waals surface area contributed by atoms with Crippen LogP contribution in [0.1, 0.15) is 49.7 Å². The zero-order valence-electron chi connectivity index (χ0n) is 14.5. The molecule has 7 heteroatoms. The lowest BCUT2D eigenvalue weighted by atomic mass is 10.0. The molecule has 0 saturated carbocycles. The molecule has 2 aromatic rings. The number of ether oxygens (including phenoxy) is 1. The maximum atomic E-state index is 14.2. The van der Waals surface area contributed by atoms with Crippen LogP contribution in [-0.2, 0) is 0 Å². The number of methoxy groups -OCH3 is 1. The summed E-state index contributed by atoms with van der Waals surface area (Å²) in [4.78, 5) is 22.0. The highest BCUT2D eigenvalue weighted by atomic mass is 19.1. The van der Waals surface area contributed by atoms with Gasteiger partial charge in [0, 0.05) is 18.9 Å². The summed E-state index contributed by atoms with van der Waals surface area (Å²) in [5.41, 5.74) is 0.352. The molecule has 0 aliphatic carbocycles. The topological polar surface area (TPSA) is 70.2 Å². The summed E-state index contributed by atoms with van der Waals surface area (Å²) in [5.74, 6) is 0.813. The predicted molar refractivity (Wildman–Crippen MR) is 91.8 cm³/mol. The Bertz CT molecular complexity index is 720. The van der Waals surface area contributed by atoms with Crippen molar-refractivity contribution in [3.05, 3.63) is 47.8 Å². The quantitative estimate of drug-likeness (QED) is 0.889. The summed E-state index contributed by atoms with van der Waals surface area (Å²) in [6.45, 7) is 2.41. The van der Waals surface area contributed by atoms with E-state index in [1.54, 1.807) is 36.4 Å². The average Bonchev–Trinajstić information content (AvgIpc) is 3.15. The summed E-state index contributed by atoms with van der Waals surface area (Å²) in [7, 11) is 1.49. The zero-order valence-corrected chi connectivity index (χ0v) is 14.5. The van der Waals surface area contributed by atoms with E-state index in [0.29, 0.717) is 17.9 Å². The highest BCUT2D eigenvalue weighted by Crippen LogP contribution is 2.31. The van der Waals surface area contributed by atoms with Crippen molar-refractivity contribution in [3.8, 4) is 5.75 Å². The van der Waals surface area contributed by atoms with Crippen LogP contribution in [-0.4, -0.2) is 34.6 Å². The van der Waals surface area contributed by atoms with Gasteiger partial charge in [0.1, 0.15) is 17.4 Å². The number of aromatic amines is 1. The lowest BCUT2D eigenvalue weighted by Crippen LogP contribution is -2.45. The second-order valence-corrected chi connectivity index (χ2v) is 6.21. The summed E-state index contributed by atoms with van der Waals surface area (Å²) >= 11 is 0. The fourth-order valence-electron chi connectivity index (χ4n) is 3.37. The Hall–Kier alpha value is -2.57. The molecule has 0 radical (unpaired) electrons. The van der Waals surface area contributed by atoms with E-state index in [0.717, 1.165) is 25.1 Å². The van der Waals surface area contributed by atoms with E-state index in [4.69, 9.17) is 4.74 Å². The highest BCUT2D eigenvalue weighted by molar-refractivity contribution is 5.75. The number of urea groups is 1. The van der Waals surface area contributed by atoms with Gasteiger partial charge in [-0.2, -0.15) is 0 Å². The van der Waals surface area contributed by atoms with E-state index in [-0.39, 0.29) is 12.1 Å². The molecule has 1 fully saturated rings. The van der Waals surface area contributed by atoms with Gasteiger partial charge in [-0.05, 0) is 38.3 Å². The Morgan fingerprint density at radius 1 is 1.48 bits per heavy atom. The predicted octanol–water partition coefficient (Wildman–Crippen LogP) is 3.56. The number of carbonyl (C=O) groups is 1. The molecular formula is C18H23FN4O2. The first-order valence-electron chi connectivity index (χ1n) is 8.50. The van der Waals surface area contributed by atoms with Crippen LogP contribution in [0, 0.1) is 5.82 Å². The molecule has 1 aliphatic heterocycles. The first-order valence-corrected chi connectivity index (χ1v) is 8.50. The number of imidazole rings is 1. The molecule has 1 aromatic carbocycles. The Kier molecular flexibility index (Phi) is 5.21. The maximum Gasteiger partial charge on any atom is 0.318 e. The molecule has 2 N–H and O–H groups in total. The Morgan fingerprint density at radius 3 is 3.04 bits per heavy atom. The van der Waals surface area contributed by atoms with Gasteiger partial charge in [-0.25, -0.2) is 14.2 Å². The summed E-state index contributed by atoms with van der Waals surface area (Å²) in [5, 5.41) is 2.90. The Morgan fingerprint density at radius 2 is 2.32 bits per heavy atom. The van der Waals surface area contributed by atoms with E-state index >= 15 is 0 Å². The monoisotopic (exact) mass is 346 g/mol. The number of nitrogens with one attached hydrogen (secondary N) is 2. The van der Waals surface area contributed by atoms with Crippen molar-refractivity contribution in [3.63, 3.8) is 0 Å². The van der Waals surface area contributed by atoms with Crippen LogP contribution >= 0.6 is 0 Å². The Labute approximate surface area is 146 Å². The first kappa shape index (κ1) is 17.3. The third-order valence-corrected chi connectivity index (χ3v) is 4.60. The standard InChI is InChI=1S/C18H23FN4O2/c1-12(16-13(19)6-5-8-15(16)25-2)22-18(24)23-11-4-3-7-14(23)17-20-9-10-21-17/h5-6,8-10,12,14H,3-4,7,11H2,1-2H3,(H,20,21)(H,22,24)/t12-,14+/m0/s1. The number of carbonyl (C=O) groups excluding carboxylic acids is 1.